The van der Waals surface area contributed by atoms with Gasteiger partial charge in [0.25, 0.3) is 0 Å². The van der Waals surface area contributed by atoms with E-state index in [-0.39, 0.29) is 12.5 Å². The van der Waals surface area contributed by atoms with Crippen molar-refractivity contribution >= 4 is 17.4 Å². The quantitative estimate of drug-likeness (QED) is 0.867. The van der Waals surface area contributed by atoms with Gasteiger partial charge < -0.3 is 10.0 Å². The average molecular weight is 284 g/mol. The molecule has 19 heavy (non-hydrogen) atoms. The number of hydrogen-bond donors (Lipinski definition) is 1. The highest BCUT2D eigenvalue weighted by Crippen LogP contribution is 2.29. The Bertz CT molecular complexity index is 443. The van der Waals surface area contributed by atoms with Gasteiger partial charge in [0, 0.05) is 31.2 Å². The smallest absolute Gasteiger partial charge is 0.137 e. The minimum Gasteiger partial charge on any atom is -0.396 e. The molecule has 0 unspecified atom stereocenters. The number of anilines is 1. The molecule has 1 saturated heterocycles. The number of aromatic nitrogens is 2. The topological polar surface area (TPSA) is 49.2 Å². The van der Waals surface area contributed by atoms with Crippen LogP contribution in [0.4, 0.5) is 5.82 Å². The van der Waals surface area contributed by atoms with Crippen LogP contribution in [0.1, 0.15) is 44.0 Å². The summed E-state index contributed by atoms with van der Waals surface area (Å²) in [5.41, 5.74) is 0.952. The SMILES string of the molecule is Cc1c(Cl)nc(C(C)C)nc1N1CCC(CO)CC1. The monoisotopic (exact) mass is 283 g/mol. The van der Waals surface area contributed by atoms with Gasteiger partial charge in [-0.15, -0.1) is 0 Å². The summed E-state index contributed by atoms with van der Waals surface area (Å²) in [6.45, 7) is 8.26. The Morgan fingerprint density at radius 3 is 2.47 bits per heavy atom. The third kappa shape index (κ3) is 3.18. The molecule has 0 aromatic carbocycles. The molecule has 0 spiro atoms. The number of halogens is 1. The zero-order chi connectivity index (χ0) is 14.0. The lowest BCUT2D eigenvalue weighted by Crippen LogP contribution is -2.36. The maximum absolute atomic E-state index is 9.20. The molecule has 1 N–H and O–H groups in total. The van der Waals surface area contributed by atoms with Crippen LogP contribution in [0, 0.1) is 12.8 Å². The first-order chi connectivity index (χ1) is 9.02. The van der Waals surface area contributed by atoms with E-state index in [1.165, 1.54) is 0 Å². The predicted molar refractivity (Wildman–Crippen MR) is 77.9 cm³/mol. The second-order valence-electron chi connectivity index (χ2n) is 5.59. The number of rotatable bonds is 3. The van der Waals surface area contributed by atoms with Crippen LogP contribution in [0.2, 0.25) is 5.15 Å². The van der Waals surface area contributed by atoms with Crippen molar-refractivity contribution in [3.8, 4) is 0 Å². The van der Waals surface area contributed by atoms with Crippen molar-refractivity contribution < 1.29 is 5.11 Å². The molecule has 1 fully saturated rings. The largest absolute Gasteiger partial charge is 0.396 e. The Hall–Kier alpha value is -0.870. The molecule has 2 heterocycles. The molecular formula is C14H22ClN3O. The minimum absolute atomic E-state index is 0.270. The first kappa shape index (κ1) is 14.5. The summed E-state index contributed by atoms with van der Waals surface area (Å²) in [4.78, 5) is 11.3. The number of hydrogen-bond acceptors (Lipinski definition) is 4. The molecule has 0 aliphatic carbocycles. The van der Waals surface area contributed by atoms with Crippen molar-refractivity contribution in [3.63, 3.8) is 0 Å². The van der Waals surface area contributed by atoms with Crippen molar-refractivity contribution in [1.29, 1.82) is 0 Å². The highest BCUT2D eigenvalue weighted by Gasteiger charge is 2.22. The maximum atomic E-state index is 9.20. The Balaban J connectivity index is 2.24. The molecule has 5 heteroatoms. The zero-order valence-corrected chi connectivity index (χ0v) is 12.6. The van der Waals surface area contributed by atoms with Crippen molar-refractivity contribution in [1.82, 2.24) is 9.97 Å². The van der Waals surface area contributed by atoms with Crippen LogP contribution in [0.3, 0.4) is 0 Å². The van der Waals surface area contributed by atoms with Gasteiger partial charge in [0.15, 0.2) is 0 Å². The van der Waals surface area contributed by atoms with Crippen LogP contribution in [0.15, 0.2) is 0 Å². The molecule has 0 bridgehead atoms. The fourth-order valence-corrected chi connectivity index (χ4v) is 2.56. The molecule has 0 amide bonds. The minimum atomic E-state index is 0.270. The van der Waals surface area contributed by atoms with E-state index < -0.39 is 0 Å². The molecule has 1 aromatic heterocycles. The number of aliphatic hydroxyl groups is 1. The summed E-state index contributed by atoms with van der Waals surface area (Å²) in [5.74, 6) is 2.46. The lowest BCUT2D eigenvalue weighted by Gasteiger charge is -2.33. The summed E-state index contributed by atoms with van der Waals surface area (Å²) in [6.07, 6.45) is 2.02. The highest BCUT2D eigenvalue weighted by molar-refractivity contribution is 6.30. The summed E-state index contributed by atoms with van der Waals surface area (Å²) in [7, 11) is 0. The summed E-state index contributed by atoms with van der Waals surface area (Å²) >= 11 is 6.22. The van der Waals surface area contributed by atoms with Crippen molar-refractivity contribution in [2.24, 2.45) is 5.92 Å². The van der Waals surface area contributed by atoms with Crippen LogP contribution in [0.5, 0.6) is 0 Å². The van der Waals surface area contributed by atoms with Crippen molar-refractivity contribution in [2.75, 3.05) is 24.6 Å². The van der Waals surface area contributed by atoms with Crippen LogP contribution in [0.25, 0.3) is 0 Å². The van der Waals surface area contributed by atoms with Crippen LogP contribution in [-0.2, 0) is 0 Å². The predicted octanol–water partition coefficient (Wildman–Crippen LogP) is 2.77. The van der Waals surface area contributed by atoms with E-state index in [2.05, 4.69) is 28.7 Å². The molecule has 0 atom stereocenters. The van der Waals surface area contributed by atoms with Gasteiger partial charge in [-0.1, -0.05) is 25.4 Å². The standard InChI is InChI=1S/C14H22ClN3O/c1-9(2)13-16-12(15)10(3)14(17-13)18-6-4-11(8-19)5-7-18/h9,11,19H,4-8H2,1-3H3. The van der Waals surface area contributed by atoms with Gasteiger partial charge in [-0.2, -0.15) is 0 Å². The van der Waals surface area contributed by atoms with E-state index in [0.717, 1.165) is 43.1 Å². The molecule has 1 aromatic rings. The first-order valence-electron chi connectivity index (χ1n) is 6.92. The molecule has 1 aliphatic rings. The third-order valence-electron chi connectivity index (χ3n) is 3.77. The number of aliphatic hydroxyl groups excluding tert-OH is 1. The van der Waals surface area contributed by atoms with Gasteiger partial charge in [-0.3, -0.25) is 0 Å². The van der Waals surface area contributed by atoms with E-state index >= 15 is 0 Å². The van der Waals surface area contributed by atoms with E-state index in [0.29, 0.717) is 11.1 Å². The number of nitrogens with zero attached hydrogens (tertiary/aromatic N) is 3. The fraction of sp³-hybridized carbons (Fsp3) is 0.714. The van der Waals surface area contributed by atoms with E-state index in [1.807, 2.05) is 6.92 Å². The Morgan fingerprint density at radius 2 is 1.95 bits per heavy atom. The Kier molecular flexibility index (Phi) is 4.63. The van der Waals surface area contributed by atoms with Gasteiger partial charge in [-0.25, -0.2) is 9.97 Å². The average Bonchev–Trinajstić information content (AvgIpc) is 2.41. The highest BCUT2D eigenvalue weighted by atomic mass is 35.5. The number of piperidine rings is 1. The second kappa shape index (κ2) is 6.06. The Morgan fingerprint density at radius 1 is 1.32 bits per heavy atom. The van der Waals surface area contributed by atoms with Crippen LogP contribution >= 0.6 is 11.6 Å². The van der Waals surface area contributed by atoms with Gasteiger partial charge in [0.2, 0.25) is 0 Å². The Labute approximate surface area is 119 Å². The van der Waals surface area contributed by atoms with E-state index in [1.54, 1.807) is 0 Å². The summed E-state index contributed by atoms with van der Waals surface area (Å²) < 4.78 is 0. The van der Waals surface area contributed by atoms with Crippen molar-refractivity contribution in [3.05, 3.63) is 16.5 Å². The van der Waals surface area contributed by atoms with Crippen LogP contribution in [-0.4, -0.2) is 34.8 Å². The van der Waals surface area contributed by atoms with Gasteiger partial charge >= 0.3 is 0 Å². The summed E-state index contributed by atoms with van der Waals surface area (Å²) in [5, 5.41) is 9.75. The fourth-order valence-electron chi connectivity index (χ4n) is 2.39. The molecule has 0 radical (unpaired) electrons. The van der Waals surface area contributed by atoms with E-state index in [9.17, 15) is 5.11 Å². The maximum Gasteiger partial charge on any atom is 0.137 e. The van der Waals surface area contributed by atoms with E-state index in [4.69, 9.17) is 11.6 Å². The first-order valence-corrected chi connectivity index (χ1v) is 7.30. The van der Waals surface area contributed by atoms with Gasteiger partial charge in [0.1, 0.15) is 16.8 Å². The lowest BCUT2D eigenvalue weighted by molar-refractivity contribution is 0.202. The lowest BCUT2D eigenvalue weighted by atomic mass is 9.98. The van der Waals surface area contributed by atoms with Gasteiger partial charge in [0.05, 0.1) is 0 Å². The zero-order valence-electron chi connectivity index (χ0n) is 11.9. The second-order valence-corrected chi connectivity index (χ2v) is 5.95. The molecule has 2 rings (SSSR count). The molecule has 4 nitrogen and oxygen atoms in total. The molecule has 1 aliphatic heterocycles. The molecule has 0 saturated carbocycles. The molecule has 106 valence electrons. The summed E-state index contributed by atoms with van der Waals surface area (Å²) in [6, 6.07) is 0. The van der Waals surface area contributed by atoms with Crippen LogP contribution < -0.4 is 4.90 Å². The normalized spacial score (nSPS) is 17.3. The van der Waals surface area contributed by atoms with Crippen molar-refractivity contribution in [2.45, 2.75) is 39.5 Å². The van der Waals surface area contributed by atoms with Gasteiger partial charge in [-0.05, 0) is 25.7 Å². The molecular weight excluding hydrogens is 262 g/mol. The third-order valence-corrected chi connectivity index (χ3v) is 4.13.